The average molecular weight is 364 g/mol. The third-order valence-corrected chi connectivity index (χ3v) is 5.02. The molecule has 1 aliphatic heterocycles. The SMILES string of the molecule is CCSc1nnc2c(n1)O[C@@H](c1ccc(CC)cc1)Nc1ccccc1-2. The van der Waals surface area contributed by atoms with Crippen LogP contribution in [0.4, 0.5) is 5.69 Å². The number of fused-ring (bicyclic) bond motifs is 3. The van der Waals surface area contributed by atoms with Crippen molar-refractivity contribution in [3.05, 3.63) is 59.7 Å². The predicted molar refractivity (Wildman–Crippen MR) is 104 cm³/mol. The summed E-state index contributed by atoms with van der Waals surface area (Å²) in [5, 5.41) is 12.7. The van der Waals surface area contributed by atoms with Crippen LogP contribution in [-0.2, 0) is 6.42 Å². The molecule has 0 spiro atoms. The van der Waals surface area contributed by atoms with Crippen LogP contribution in [0.5, 0.6) is 5.88 Å². The van der Waals surface area contributed by atoms with E-state index in [1.807, 2.05) is 24.3 Å². The minimum atomic E-state index is -0.334. The van der Waals surface area contributed by atoms with E-state index in [4.69, 9.17) is 4.74 Å². The topological polar surface area (TPSA) is 59.9 Å². The maximum absolute atomic E-state index is 6.25. The molecule has 1 atom stereocenters. The Morgan fingerprint density at radius 3 is 2.62 bits per heavy atom. The van der Waals surface area contributed by atoms with Gasteiger partial charge in [0, 0.05) is 16.8 Å². The molecule has 0 radical (unpaired) electrons. The van der Waals surface area contributed by atoms with E-state index < -0.39 is 0 Å². The Morgan fingerprint density at radius 1 is 1.04 bits per heavy atom. The van der Waals surface area contributed by atoms with Crippen LogP contribution in [-0.4, -0.2) is 20.9 Å². The maximum Gasteiger partial charge on any atom is 0.247 e. The van der Waals surface area contributed by atoms with E-state index in [2.05, 4.69) is 58.6 Å². The summed E-state index contributed by atoms with van der Waals surface area (Å²) in [5.41, 5.74) is 4.93. The van der Waals surface area contributed by atoms with Gasteiger partial charge in [-0.1, -0.05) is 68.1 Å². The fraction of sp³-hybridized carbons (Fsp3) is 0.250. The van der Waals surface area contributed by atoms with Crippen molar-refractivity contribution in [2.24, 2.45) is 0 Å². The second-order valence-electron chi connectivity index (χ2n) is 5.96. The first-order valence-electron chi connectivity index (χ1n) is 8.77. The minimum Gasteiger partial charge on any atom is -0.448 e. The minimum absolute atomic E-state index is 0.334. The zero-order valence-electron chi connectivity index (χ0n) is 14.8. The summed E-state index contributed by atoms with van der Waals surface area (Å²) in [7, 11) is 0. The van der Waals surface area contributed by atoms with E-state index in [1.165, 1.54) is 5.56 Å². The number of aryl methyl sites for hydroxylation is 1. The molecular weight excluding hydrogens is 344 g/mol. The number of ether oxygens (including phenoxy) is 1. The third-order valence-electron chi connectivity index (χ3n) is 4.30. The van der Waals surface area contributed by atoms with Crippen LogP contribution in [0, 0.1) is 0 Å². The summed E-state index contributed by atoms with van der Waals surface area (Å²) in [6.07, 6.45) is 0.680. The lowest BCUT2D eigenvalue weighted by Gasteiger charge is -2.19. The average Bonchev–Trinajstić information content (AvgIpc) is 2.85. The summed E-state index contributed by atoms with van der Waals surface area (Å²) in [6, 6.07) is 16.5. The van der Waals surface area contributed by atoms with Gasteiger partial charge >= 0.3 is 0 Å². The molecule has 2 aromatic carbocycles. The molecular formula is C20H20N4OS. The predicted octanol–water partition coefficient (Wildman–Crippen LogP) is 4.72. The molecule has 132 valence electrons. The molecule has 0 fully saturated rings. The van der Waals surface area contributed by atoms with Gasteiger partial charge in [0.05, 0.1) is 0 Å². The largest absolute Gasteiger partial charge is 0.448 e. The lowest BCUT2D eigenvalue weighted by molar-refractivity contribution is 0.225. The highest BCUT2D eigenvalue weighted by atomic mass is 32.2. The van der Waals surface area contributed by atoms with Crippen LogP contribution in [0.15, 0.2) is 53.7 Å². The number of nitrogens with zero attached hydrogens (tertiary/aromatic N) is 3. The molecule has 26 heavy (non-hydrogen) atoms. The van der Waals surface area contributed by atoms with Gasteiger partial charge in [-0.15, -0.1) is 10.2 Å². The van der Waals surface area contributed by atoms with Gasteiger partial charge < -0.3 is 10.1 Å². The number of aromatic nitrogens is 3. The molecule has 1 aliphatic rings. The highest BCUT2D eigenvalue weighted by Gasteiger charge is 2.25. The van der Waals surface area contributed by atoms with E-state index in [0.29, 0.717) is 16.7 Å². The highest BCUT2D eigenvalue weighted by Crippen LogP contribution is 2.39. The van der Waals surface area contributed by atoms with Crippen LogP contribution in [0.2, 0.25) is 0 Å². The van der Waals surface area contributed by atoms with Crippen LogP contribution < -0.4 is 10.1 Å². The van der Waals surface area contributed by atoms with Crippen molar-refractivity contribution < 1.29 is 4.74 Å². The molecule has 0 saturated heterocycles. The molecule has 0 bridgehead atoms. The number of thioether (sulfide) groups is 1. The second kappa shape index (κ2) is 7.33. The van der Waals surface area contributed by atoms with Gasteiger partial charge in [0.1, 0.15) is 0 Å². The maximum atomic E-state index is 6.25. The molecule has 6 heteroatoms. The third kappa shape index (κ3) is 3.24. The Hall–Kier alpha value is -2.60. The van der Waals surface area contributed by atoms with E-state index in [9.17, 15) is 0 Å². The summed E-state index contributed by atoms with van der Waals surface area (Å²) >= 11 is 1.55. The summed E-state index contributed by atoms with van der Waals surface area (Å²) in [6.45, 7) is 4.22. The fourth-order valence-electron chi connectivity index (χ4n) is 2.92. The lowest BCUT2D eigenvalue weighted by atomic mass is 10.1. The van der Waals surface area contributed by atoms with Gasteiger partial charge in [0.25, 0.3) is 0 Å². The van der Waals surface area contributed by atoms with Crippen LogP contribution in [0.1, 0.15) is 31.2 Å². The van der Waals surface area contributed by atoms with E-state index in [0.717, 1.165) is 29.0 Å². The van der Waals surface area contributed by atoms with Crippen molar-refractivity contribution in [3.63, 3.8) is 0 Å². The second-order valence-corrected chi connectivity index (χ2v) is 7.20. The quantitative estimate of drug-likeness (QED) is 0.676. The molecule has 1 N–H and O–H groups in total. The van der Waals surface area contributed by atoms with Gasteiger partial charge in [-0.2, -0.15) is 4.98 Å². The summed E-state index contributed by atoms with van der Waals surface area (Å²) in [4.78, 5) is 4.60. The van der Waals surface area contributed by atoms with Crippen LogP contribution in [0.25, 0.3) is 11.3 Å². The summed E-state index contributed by atoms with van der Waals surface area (Å²) < 4.78 is 6.25. The first-order chi connectivity index (χ1) is 12.8. The molecule has 4 rings (SSSR count). The Balaban J connectivity index is 1.79. The zero-order chi connectivity index (χ0) is 17.9. The normalized spacial score (nSPS) is 15.2. The molecule has 0 aliphatic carbocycles. The Labute approximate surface area is 157 Å². The number of para-hydroxylation sites is 1. The number of hydrogen-bond donors (Lipinski definition) is 1. The number of rotatable bonds is 4. The van der Waals surface area contributed by atoms with E-state index in [-0.39, 0.29) is 6.23 Å². The molecule has 0 unspecified atom stereocenters. The van der Waals surface area contributed by atoms with Crippen molar-refractivity contribution in [1.29, 1.82) is 0 Å². The number of hydrogen-bond acceptors (Lipinski definition) is 6. The number of benzene rings is 2. The van der Waals surface area contributed by atoms with Crippen molar-refractivity contribution in [2.45, 2.75) is 31.7 Å². The molecule has 0 saturated carbocycles. The molecule has 0 amide bonds. The van der Waals surface area contributed by atoms with Crippen molar-refractivity contribution in [1.82, 2.24) is 15.2 Å². The Morgan fingerprint density at radius 2 is 1.85 bits per heavy atom. The van der Waals surface area contributed by atoms with Gasteiger partial charge in [-0.05, 0) is 23.8 Å². The van der Waals surface area contributed by atoms with Crippen LogP contribution >= 0.6 is 11.8 Å². The first-order valence-corrected chi connectivity index (χ1v) is 9.76. The number of nitrogens with one attached hydrogen (secondary N) is 1. The summed E-state index contributed by atoms with van der Waals surface area (Å²) in [5.74, 6) is 1.40. The van der Waals surface area contributed by atoms with Gasteiger partial charge in [0.15, 0.2) is 11.9 Å². The monoisotopic (exact) mass is 364 g/mol. The lowest BCUT2D eigenvalue weighted by Crippen LogP contribution is -2.17. The molecule has 2 heterocycles. The molecule has 5 nitrogen and oxygen atoms in total. The standard InChI is InChI=1S/C20H20N4OS/c1-3-13-9-11-14(12-10-13)18-21-16-8-6-5-7-15(16)17-19(25-18)22-20(24-23-17)26-4-2/h5-12,18,21H,3-4H2,1-2H3/t18-/m0/s1. The zero-order valence-corrected chi connectivity index (χ0v) is 15.6. The molecule has 3 aromatic rings. The highest BCUT2D eigenvalue weighted by molar-refractivity contribution is 7.99. The van der Waals surface area contributed by atoms with Gasteiger partial charge in [0.2, 0.25) is 11.0 Å². The van der Waals surface area contributed by atoms with E-state index >= 15 is 0 Å². The van der Waals surface area contributed by atoms with Crippen molar-refractivity contribution in [2.75, 3.05) is 11.1 Å². The van der Waals surface area contributed by atoms with Crippen molar-refractivity contribution in [3.8, 4) is 17.1 Å². The van der Waals surface area contributed by atoms with Gasteiger partial charge in [-0.25, -0.2) is 0 Å². The van der Waals surface area contributed by atoms with Gasteiger partial charge in [-0.3, -0.25) is 0 Å². The smallest absolute Gasteiger partial charge is 0.247 e. The first kappa shape index (κ1) is 16.8. The number of anilines is 1. The Bertz CT molecular complexity index is 914. The van der Waals surface area contributed by atoms with Crippen molar-refractivity contribution >= 4 is 17.4 Å². The van der Waals surface area contributed by atoms with E-state index in [1.54, 1.807) is 11.8 Å². The Kier molecular flexibility index (Phi) is 4.75. The molecule has 1 aromatic heterocycles. The van der Waals surface area contributed by atoms with Crippen LogP contribution in [0.3, 0.4) is 0 Å². The fourth-order valence-corrected chi connectivity index (χ4v) is 3.42.